The molecule has 0 aliphatic carbocycles. The van der Waals surface area contributed by atoms with Gasteiger partial charge < -0.3 is 10.2 Å². The van der Waals surface area contributed by atoms with Gasteiger partial charge in [-0.2, -0.15) is 0 Å². The van der Waals surface area contributed by atoms with Gasteiger partial charge in [0.1, 0.15) is 0 Å². The van der Waals surface area contributed by atoms with E-state index in [-0.39, 0.29) is 0 Å². The molecule has 1 aliphatic rings. The molecule has 4 heteroatoms. The number of nitrogens with one attached hydrogen (secondary N) is 1. The second-order valence-corrected chi connectivity index (χ2v) is 7.37. The van der Waals surface area contributed by atoms with Crippen molar-refractivity contribution < 1.29 is 0 Å². The fourth-order valence-electron chi connectivity index (χ4n) is 3.06. The summed E-state index contributed by atoms with van der Waals surface area (Å²) in [5, 5.41) is 5.83. The summed E-state index contributed by atoms with van der Waals surface area (Å²) in [5.74, 6) is 0.696. The fourth-order valence-corrected chi connectivity index (χ4v) is 4.51. The number of hydrogen-bond donors (Lipinski definition) is 1. The molecule has 20 heavy (non-hydrogen) atoms. The Morgan fingerprint density at radius 2 is 2.20 bits per heavy atom. The normalized spacial score (nSPS) is 24.4. The summed E-state index contributed by atoms with van der Waals surface area (Å²) in [4.78, 5) is 3.67. The number of hydrogen-bond acceptors (Lipinski definition) is 3. The molecule has 108 valence electrons. The zero-order valence-corrected chi connectivity index (χ0v) is 13.6. The Hall–Kier alpha value is -0.610. The maximum atomic E-state index is 6.50. The minimum Gasteiger partial charge on any atom is -0.309 e. The Bertz CT molecular complexity index is 595. The first-order valence-corrected chi connectivity index (χ1v) is 8.42. The predicted molar refractivity (Wildman–Crippen MR) is 88.7 cm³/mol. The molecule has 3 rings (SSSR count). The third kappa shape index (κ3) is 2.86. The van der Waals surface area contributed by atoms with Gasteiger partial charge in [0, 0.05) is 34.1 Å². The van der Waals surface area contributed by atoms with Gasteiger partial charge in [-0.05, 0) is 32.0 Å². The minimum atomic E-state index is 0.604. The minimum absolute atomic E-state index is 0.604. The summed E-state index contributed by atoms with van der Waals surface area (Å²) >= 11 is 8.31. The van der Waals surface area contributed by atoms with Crippen molar-refractivity contribution in [1.29, 1.82) is 0 Å². The Kier molecular flexibility index (Phi) is 4.32. The SMILES string of the molecule is CC1CN(C)CCC1NCc1sc2ccccc2c1Cl. The monoisotopic (exact) mass is 308 g/mol. The lowest BCUT2D eigenvalue weighted by Gasteiger charge is -2.35. The highest BCUT2D eigenvalue weighted by atomic mass is 35.5. The molecule has 1 fully saturated rings. The van der Waals surface area contributed by atoms with Crippen LogP contribution in [0, 0.1) is 5.92 Å². The van der Waals surface area contributed by atoms with Crippen LogP contribution < -0.4 is 5.32 Å². The predicted octanol–water partition coefficient (Wildman–Crippen LogP) is 3.98. The fraction of sp³-hybridized carbons (Fsp3) is 0.500. The van der Waals surface area contributed by atoms with Gasteiger partial charge in [0.2, 0.25) is 0 Å². The second-order valence-electron chi connectivity index (χ2n) is 5.85. The van der Waals surface area contributed by atoms with Gasteiger partial charge in [-0.1, -0.05) is 36.7 Å². The number of nitrogens with zero attached hydrogens (tertiary/aromatic N) is 1. The van der Waals surface area contributed by atoms with E-state index in [1.807, 2.05) is 11.3 Å². The standard InChI is InChI=1S/C16H21ClN2S/c1-11-10-19(2)8-7-13(11)18-9-15-16(17)12-5-3-4-6-14(12)20-15/h3-6,11,13,18H,7-10H2,1-2H3. The summed E-state index contributed by atoms with van der Waals surface area (Å²) in [6.07, 6.45) is 1.22. The van der Waals surface area contributed by atoms with Crippen molar-refractivity contribution in [3.05, 3.63) is 34.2 Å². The van der Waals surface area contributed by atoms with Gasteiger partial charge in [0.05, 0.1) is 5.02 Å². The lowest BCUT2D eigenvalue weighted by molar-refractivity contribution is 0.174. The molecule has 1 saturated heterocycles. The Morgan fingerprint density at radius 1 is 1.40 bits per heavy atom. The third-order valence-corrected chi connectivity index (χ3v) is 5.95. The average Bonchev–Trinajstić information content (AvgIpc) is 2.75. The van der Waals surface area contributed by atoms with Crippen LogP contribution in [0.2, 0.25) is 5.02 Å². The smallest absolute Gasteiger partial charge is 0.0636 e. The number of fused-ring (bicyclic) bond motifs is 1. The van der Waals surface area contributed by atoms with Crippen LogP contribution in [0.25, 0.3) is 10.1 Å². The molecule has 0 spiro atoms. The lowest BCUT2D eigenvalue weighted by atomic mass is 9.94. The molecule has 2 atom stereocenters. The summed E-state index contributed by atoms with van der Waals surface area (Å²) < 4.78 is 1.28. The largest absolute Gasteiger partial charge is 0.309 e. The first-order valence-electron chi connectivity index (χ1n) is 7.23. The second kappa shape index (κ2) is 6.02. The third-order valence-electron chi connectivity index (χ3n) is 4.23. The van der Waals surface area contributed by atoms with E-state index in [9.17, 15) is 0 Å². The molecule has 0 saturated carbocycles. The average molecular weight is 309 g/mol. The maximum Gasteiger partial charge on any atom is 0.0636 e. The zero-order valence-electron chi connectivity index (χ0n) is 12.0. The zero-order chi connectivity index (χ0) is 14.1. The first kappa shape index (κ1) is 14.3. The van der Waals surface area contributed by atoms with Crippen LogP contribution in [-0.4, -0.2) is 31.1 Å². The van der Waals surface area contributed by atoms with E-state index in [4.69, 9.17) is 11.6 Å². The van der Waals surface area contributed by atoms with Crippen molar-refractivity contribution in [1.82, 2.24) is 10.2 Å². The van der Waals surface area contributed by atoms with Crippen molar-refractivity contribution in [3.8, 4) is 0 Å². The number of rotatable bonds is 3. The Balaban J connectivity index is 1.69. The quantitative estimate of drug-likeness (QED) is 0.922. The van der Waals surface area contributed by atoms with Crippen LogP contribution in [-0.2, 0) is 6.54 Å². The number of halogens is 1. The molecule has 1 N–H and O–H groups in total. The summed E-state index contributed by atoms with van der Waals surface area (Å²) in [5.41, 5.74) is 0. The summed E-state index contributed by atoms with van der Waals surface area (Å²) in [6, 6.07) is 8.99. The van der Waals surface area contributed by atoms with Gasteiger partial charge >= 0.3 is 0 Å². The van der Waals surface area contributed by atoms with Crippen LogP contribution in [0.1, 0.15) is 18.2 Å². The van der Waals surface area contributed by atoms with Gasteiger partial charge in [-0.15, -0.1) is 11.3 Å². The number of piperidine rings is 1. The molecule has 1 aromatic carbocycles. The molecule has 2 aromatic rings. The molecule has 1 aliphatic heterocycles. The number of likely N-dealkylation sites (tertiary alicyclic amines) is 1. The molecular weight excluding hydrogens is 288 g/mol. The molecule has 0 amide bonds. The van der Waals surface area contributed by atoms with Gasteiger partial charge in [0.25, 0.3) is 0 Å². The van der Waals surface area contributed by atoms with E-state index < -0.39 is 0 Å². The van der Waals surface area contributed by atoms with Crippen LogP contribution in [0.3, 0.4) is 0 Å². The van der Waals surface area contributed by atoms with Crippen molar-refractivity contribution in [2.45, 2.75) is 25.9 Å². The molecule has 2 unspecified atom stereocenters. The highest BCUT2D eigenvalue weighted by Gasteiger charge is 2.24. The Labute approximate surface area is 129 Å². The maximum absolute atomic E-state index is 6.50. The van der Waals surface area contributed by atoms with E-state index in [2.05, 4.69) is 48.5 Å². The van der Waals surface area contributed by atoms with Crippen molar-refractivity contribution in [3.63, 3.8) is 0 Å². The van der Waals surface area contributed by atoms with Crippen LogP contribution in [0.4, 0.5) is 0 Å². The van der Waals surface area contributed by atoms with Gasteiger partial charge in [0.15, 0.2) is 0 Å². The molecule has 0 radical (unpaired) electrons. The van der Waals surface area contributed by atoms with Crippen LogP contribution in [0.15, 0.2) is 24.3 Å². The van der Waals surface area contributed by atoms with Crippen molar-refractivity contribution in [2.75, 3.05) is 20.1 Å². The van der Waals surface area contributed by atoms with Gasteiger partial charge in [-0.25, -0.2) is 0 Å². The Morgan fingerprint density at radius 3 is 2.95 bits per heavy atom. The van der Waals surface area contributed by atoms with Crippen LogP contribution in [0.5, 0.6) is 0 Å². The van der Waals surface area contributed by atoms with E-state index >= 15 is 0 Å². The van der Waals surface area contributed by atoms with Crippen molar-refractivity contribution in [2.24, 2.45) is 5.92 Å². The lowest BCUT2D eigenvalue weighted by Crippen LogP contribution is -2.46. The molecular formula is C16H21ClN2S. The molecule has 2 heterocycles. The molecule has 1 aromatic heterocycles. The number of benzene rings is 1. The van der Waals surface area contributed by atoms with E-state index in [1.165, 1.54) is 34.5 Å². The van der Waals surface area contributed by atoms with Crippen molar-refractivity contribution >= 4 is 33.0 Å². The topological polar surface area (TPSA) is 15.3 Å². The molecule has 0 bridgehead atoms. The van der Waals surface area contributed by atoms with Gasteiger partial charge in [-0.3, -0.25) is 0 Å². The highest BCUT2D eigenvalue weighted by molar-refractivity contribution is 7.19. The van der Waals surface area contributed by atoms with Crippen LogP contribution >= 0.6 is 22.9 Å². The summed E-state index contributed by atoms with van der Waals surface area (Å²) in [6.45, 7) is 5.58. The molecule has 2 nitrogen and oxygen atoms in total. The first-order chi connectivity index (χ1) is 9.65. The summed E-state index contributed by atoms with van der Waals surface area (Å²) in [7, 11) is 2.20. The highest BCUT2D eigenvalue weighted by Crippen LogP contribution is 2.35. The number of thiophene rings is 1. The van der Waals surface area contributed by atoms with E-state index in [0.29, 0.717) is 12.0 Å². The van der Waals surface area contributed by atoms with E-state index in [1.54, 1.807) is 0 Å². The van der Waals surface area contributed by atoms with E-state index in [0.717, 1.165) is 11.6 Å².